The number of aliphatic hydroxyl groups is 1. The minimum atomic E-state index is -3.96. The highest BCUT2D eigenvalue weighted by Crippen LogP contribution is 2.32. The SMILES string of the molecule is COc1ccccc1N(CC(O)CN(Cc1ccccc1)Cc1ccccc1)S(=O)(=O)c1ccccc1. The largest absolute Gasteiger partial charge is 0.495 e. The maximum absolute atomic E-state index is 13.7. The van der Waals surface area contributed by atoms with Crippen molar-refractivity contribution >= 4 is 15.7 Å². The molecule has 0 amide bonds. The number of methoxy groups -OCH3 is 1. The minimum Gasteiger partial charge on any atom is -0.495 e. The van der Waals surface area contributed by atoms with Crippen LogP contribution in [0.3, 0.4) is 0 Å². The summed E-state index contributed by atoms with van der Waals surface area (Å²) in [5.74, 6) is 0.416. The van der Waals surface area contributed by atoms with Gasteiger partial charge in [-0.3, -0.25) is 9.21 Å². The zero-order valence-electron chi connectivity index (χ0n) is 20.9. The fourth-order valence-electron chi connectivity index (χ4n) is 4.30. The molecule has 0 aliphatic heterocycles. The first-order valence-corrected chi connectivity index (χ1v) is 13.6. The molecule has 0 bridgehead atoms. The molecule has 1 N–H and O–H groups in total. The molecule has 0 fully saturated rings. The lowest BCUT2D eigenvalue weighted by molar-refractivity contribution is 0.111. The molecule has 4 rings (SSSR count). The normalized spacial score (nSPS) is 12.3. The maximum Gasteiger partial charge on any atom is 0.264 e. The Morgan fingerprint density at radius 2 is 1.19 bits per heavy atom. The lowest BCUT2D eigenvalue weighted by Gasteiger charge is -2.31. The van der Waals surface area contributed by atoms with Gasteiger partial charge >= 0.3 is 0 Å². The van der Waals surface area contributed by atoms with Crippen LogP contribution in [0.15, 0.2) is 120 Å². The summed E-state index contributed by atoms with van der Waals surface area (Å²) in [4.78, 5) is 2.28. The van der Waals surface area contributed by atoms with E-state index in [0.29, 0.717) is 24.5 Å². The summed E-state index contributed by atoms with van der Waals surface area (Å²) in [6, 6.07) is 35.3. The lowest BCUT2D eigenvalue weighted by atomic mass is 10.1. The van der Waals surface area contributed by atoms with Gasteiger partial charge in [-0.15, -0.1) is 0 Å². The fraction of sp³-hybridized carbons (Fsp3) is 0.200. The smallest absolute Gasteiger partial charge is 0.264 e. The van der Waals surface area contributed by atoms with Crippen molar-refractivity contribution < 1.29 is 18.3 Å². The average molecular weight is 517 g/mol. The second kappa shape index (κ2) is 12.5. The van der Waals surface area contributed by atoms with Crippen LogP contribution < -0.4 is 9.04 Å². The highest BCUT2D eigenvalue weighted by Gasteiger charge is 2.29. The van der Waals surface area contributed by atoms with Crippen LogP contribution in [0.2, 0.25) is 0 Å². The van der Waals surface area contributed by atoms with Gasteiger partial charge in [-0.05, 0) is 35.4 Å². The van der Waals surface area contributed by atoms with Crippen LogP contribution in [0.25, 0.3) is 0 Å². The van der Waals surface area contributed by atoms with Gasteiger partial charge in [0.25, 0.3) is 10.0 Å². The second-order valence-corrected chi connectivity index (χ2v) is 10.7. The zero-order chi connectivity index (χ0) is 26.1. The van der Waals surface area contributed by atoms with Gasteiger partial charge in [0.05, 0.1) is 30.3 Å². The molecular weight excluding hydrogens is 484 g/mol. The molecule has 0 aliphatic rings. The van der Waals surface area contributed by atoms with Crippen molar-refractivity contribution in [2.24, 2.45) is 0 Å². The summed E-state index contributed by atoms with van der Waals surface area (Å²) in [6.07, 6.45) is -0.962. The Kier molecular flexibility index (Phi) is 8.95. The highest BCUT2D eigenvalue weighted by atomic mass is 32.2. The molecule has 6 nitrogen and oxygen atoms in total. The molecule has 4 aromatic carbocycles. The van der Waals surface area contributed by atoms with Crippen LogP contribution in [0.5, 0.6) is 5.75 Å². The Morgan fingerprint density at radius 1 is 0.703 bits per heavy atom. The van der Waals surface area contributed by atoms with Gasteiger partial charge in [0.2, 0.25) is 0 Å². The Morgan fingerprint density at radius 3 is 1.73 bits per heavy atom. The molecule has 0 saturated heterocycles. The van der Waals surface area contributed by atoms with E-state index in [1.807, 2.05) is 60.7 Å². The lowest BCUT2D eigenvalue weighted by Crippen LogP contribution is -2.42. The zero-order valence-corrected chi connectivity index (χ0v) is 21.7. The van der Waals surface area contributed by atoms with Gasteiger partial charge in [-0.2, -0.15) is 0 Å². The molecular formula is C30H32N2O4S. The van der Waals surface area contributed by atoms with E-state index < -0.39 is 16.1 Å². The molecule has 1 atom stereocenters. The summed E-state index contributed by atoms with van der Waals surface area (Å²) in [7, 11) is -2.46. The van der Waals surface area contributed by atoms with E-state index in [-0.39, 0.29) is 18.0 Å². The summed E-state index contributed by atoms with van der Waals surface area (Å²) in [5, 5.41) is 11.3. The van der Waals surface area contributed by atoms with Gasteiger partial charge in [0, 0.05) is 19.6 Å². The molecule has 0 radical (unpaired) electrons. The van der Waals surface area contributed by atoms with E-state index in [1.54, 1.807) is 54.6 Å². The molecule has 0 saturated carbocycles. The molecule has 4 aromatic rings. The van der Waals surface area contributed by atoms with E-state index in [0.717, 1.165) is 11.1 Å². The van der Waals surface area contributed by atoms with Crippen molar-refractivity contribution in [2.45, 2.75) is 24.1 Å². The number of hydrogen-bond donors (Lipinski definition) is 1. The summed E-state index contributed by atoms with van der Waals surface area (Å²) in [6.45, 7) is 1.39. The maximum atomic E-state index is 13.7. The van der Waals surface area contributed by atoms with Crippen molar-refractivity contribution in [3.8, 4) is 5.75 Å². The first-order valence-electron chi connectivity index (χ1n) is 12.2. The second-order valence-electron chi connectivity index (χ2n) is 8.82. The highest BCUT2D eigenvalue weighted by molar-refractivity contribution is 7.92. The summed E-state index contributed by atoms with van der Waals surface area (Å²) in [5.41, 5.74) is 2.61. The van der Waals surface area contributed by atoms with Crippen LogP contribution >= 0.6 is 0 Å². The van der Waals surface area contributed by atoms with Crippen molar-refractivity contribution in [1.82, 2.24) is 4.90 Å². The Labute approximate surface area is 219 Å². The van der Waals surface area contributed by atoms with E-state index in [1.165, 1.54) is 11.4 Å². The van der Waals surface area contributed by atoms with Crippen molar-refractivity contribution in [3.63, 3.8) is 0 Å². The Bertz CT molecular complexity index is 1310. The van der Waals surface area contributed by atoms with E-state index >= 15 is 0 Å². The van der Waals surface area contributed by atoms with Crippen LogP contribution in [0, 0.1) is 0 Å². The Balaban J connectivity index is 1.62. The van der Waals surface area contributed by atoms with Gasteiger partial charge in [-0.25, -0.2) is 8.42 Å². The number of sulfonamides is 1. The Hall–Kier alpha value is -3.65. The third kappa shape index (κ3) is 6.98. The van der Waals surface area contributed by atoms with Crippen molar-refractivity contribution in [1.29, 1.82) is 0 Å². The molecule has 7 heteroatoms. The van der Waals surface area contributed by atoms with E-state index in [4.69, 9.17) is 4.74 Å². The number of ether oxygens (including phenoxy) is 1. The van der Waals surface area contributed by atoms with Crippen LogP contribution in [-0.4, -0.2) is 44.7 Å². The quantitative estimate of drug-likeness (QED) is 0.288. The number of rotatable bonds is 12. The van der Waals surface area contributed by atoms with Crippen molar-refractivity contribution in [3.05, 3.63) is 126 Å². The number of benzene rings is 4. The summed E-state index contributed by atoms with van der Waals surface area (Å²) < 4.78 is 34.2. The minimum absolute atomic E-state index is 0.127. The molecule has 0 heterocycles. The number of aliphatic hydroxyl groups excluding tert-OH is 1. The molecule has 0 spiro atoms. The van der Waals surface area contributed by atoms with E-state index in [9.17, 15) is 13.5 Å². The van der Waals surface area contributed by atoms with Gasteiger partial charge in [0.1, 0.15) is 5.75 Å². The van der Waals surface area contributed by atoms with E-state index in [2.05, 4.69) is 4.90 Å². The van der Waals surface area contributed by atoms with Crippen LogP contribution in [0.1, 0.15) is 11.1 Å². The number of anilines is 1. The third-order valence-electron chi connectivity index (χ3n) is 6.03. The first-order chi connectivity index (χ1) is 18.0. The fourth-order valence-corrected chi connectivity index (χ4v) is 5.83. The average Bonchev–Trinajstić information content (AvgIpc) is 2.93. The summed E-state index contributed by atoms with van der Waals surface area (Å²) >= 11 is 0. The van der Waals surface area contributed by atoms with Crippen LogP contribution in [0.4, 0.5) is 5.69 Å². The monoisotopic (exact) mass is 516 g/mol. The topological polar surface area (TPSA) is 70.1 Å². The predicted molar refractivity (Wildman–Crippen MR) is 147 cm³/mol. The number of hydrogen-bond acceptors (Lipinski definition) is 5. The molecule has 192 valence electrons. The third-order valence-corrected chi connectivity index (χ3v) is 7.82. The van der Waals surface area contributed by atoms with Crippen LogP contribution in [-0.2, 0) is 23.1 Å². The molecule has 0 aliphatic carbocycles. The molecule has 1 unspecified atom stereocenters. The van der Waals surface area contributed by atoms with Gasteiger partial charge in [-0.1, -0.05) is 91.0 Å². The predicted octanol–water partition coefficient (Wildman–Crippen LogP) is 4.95. The number of nitrogens with zero attached hydrogens (tertiary/aromatic N) is 2. The molecule has 37 heavy (non-hydrogen) atoms. The standard InChI is InChI=1S/C30H32N2O4S/c1-36-30-20-12-11-19-29(30)32(37(34,35)28-17-9-4-10-18-28)24-27(33)23-31(21-25-13-5-2-6-14-25)22-26-15-7-3-8-16-26/h2-20,27,33H,21-24H2,1H3. The van der Waals surface area contributed by atoms with Crippen molar-refractivity contribution in [2.75, 3.05) is 24.5 Å². The van der Waals surface area contributed by atoms with Gasteiger partial charge in [0.15, 0.2) is 0 Å². The number of para-hydroxylation sites is 2. The first kappa shape index (κ1) is 26.4. The van der Waals surface area contributed by atoms with Gasteiger partial charge < -0.3 is 9.84 Å². The molecule has 0 aromatic heterocycles.